The third kappa shape index (κ3) is 3.35. The fourth-order valence-electron chi connectivity index (χ4n) is 2.86. The summed E-state index contributed by atoms with van der Waals surface area (Å²) in [4.78, 5) is 23.0. The number of nitrogens with zero attached hydrogens (tertiary/aromatic N) is 1. The van der Waals surface area contributed by atoms with Gasteiger partial charge in [-0.05, 0) is 18.1 Å². The molecule has 2 aromatic carbocycles. The molecule has 0 atom stereocenters. The molecule has 1 aliphatic rings. The number of allylic oxidation sites excluding steroid dienone is 2. The first kappa shape index (κ1) is 15.9. The number of ether oxygens (including phenoxy) is 1. The summed E-state index contributed by atoms with van der Waals surface area (Å²) in [6.07, 6.45) is 1.90. The van der Waals surface area contributed by atoms with E-state index in [1.165, 1.54) is 6.07 Å². The minimum absolute atomic E-state index is 0.0292. The molecule has 1 aliphatic carbocycles. The van der Waals surface area contributed by atoms with Gasteiger partial charge >= 0.3 is 0 Å². The third-order valence-corrected chi connectivity index (χ3v) is 4.02. The number of hydrogen-bond donors (Lipinski definition) is 0. The van der Waals surface area contributed by atoms with Crippen LogP contribution >= 0.6 is 0 Å². The zero-order chi connectivity index (χ0) is 16.9. The molecule has 5 heteroatoms. The molecule has 0 aromatic heterocycles. The average Bonchev–Trinajstić information content (AvgIpc) is 2.61. The molecular weight excluding hydrogens is 306 g/mol. The largest absolute Gasteiger partial charge is 0.492 e. The summed E-state index contributed by atoms with van der Waals surface area (Å²) < 4.78 is 5.85. The van der Waals surface area contributed by atoms with Gasteiger partial charge in [-0.2, -0.15) is 0 Å². The van der Waals surface area contributed by atoms with E-state index in [0.717, 1.165) is 12.0 Å². The Morgan fingerprint density at radius 3 is 2.46 bits per heavy atom. The van der Waals surface area contributed by atoms with Gasteiger partial charge in [0, 0.05) is 18.9 Å². The molecule has 0 saturated carbocycles. The van der Waals surface area contributed by atoms with Crippen molar-refractivity contribution in [2.24, 2.45) is 0 Å². The molecule has 0 heterocycles. The van der Waals surface area contributed by atoms with Crippen LogP contribution in [0.3, 0.4) is 0 Å². The Morgan fingerprint density at radius 2 is 1.71 bits per heavy atom. The van der Waals surface area contributed by atoms with Crippen LogP contribution in [-0.4, -0.2) is 10.7 Å². The highest BCUT2D eigenvalue weighted by molar-refractivity contribution is 6.21. The van der Waals surface area contributed by atoms with Gasteiger partial charge in [0.2, 0.25) is 0 Å². The summed E-state index contributed by atoms with van der Waals surface area (Å²) in [6.45, 7) is 0.0795. The predicted octanol–water partition coefficient (Wildman–Crippen LogP) is 4.28. The van der Waals surface area contributed by atoms with Crippen molar-refractivity contribution in [1.82, 2.24) is 0 Å². The monoisotopic (exact) mass is 323 g/mol. The number of para-hydroxylation sites is 1. The molecule has 0 N–H and O–H groups in total. The summed E-state index contributed by atoms with van der Waals surface area (Å²) in [5, 5.41) is 11.1. The van der Waals surface area contributed by atoms with E-state index in [4.69, 9.17) is 4.74 Å². The molecule has 0 radical (unpaired) electrons. The van der Waals surface area contributed by atoms with E-state index in [0.29, 0.717) is 29.7 Å². The number of nitro benzene ring substituents is 1. The highest BCUT2D eigenvalue weighted by Crippen LogP contribution is 2.31. The van der Waals surface area contributed by atoms with Crippen LogP contribution in [0.4, 0.5) is 5.69 Å². The van der Waals surface area contributed by atoms with Crippen molar-refractivity contribution in [1.29, 1.82) is 0 Å². The van der Waals surface area contributed by atoms with E-state index in [1.807, 2.05) is 30.3 Å². The minimum Gasteiger partial charge on any atom is -0.492 e. The second kappa shape index (κ2) is 7.08. The number of carbonyl (C=O) groups is 1. The van der Waals surface area contributed by atoms with Crippen LogP contribution in [0.25, 0.3) is 5.57 Å². The number of benzene rings is 2. The Balaban J connectivity index is 1.90. The molecule has 3 rings (SSSR count). The number of Topliss-reactive ketones (excluding diaryl/α,β-unsaturated/α-hetero) is 1. The molecule has 0 aliphatic heterocycles. The fraction of sp³-hybridized carbons (Fsp3) is 0.211. The van der Waals surface area contributed by atoms with Gasteiger partial charge in [0.15, 0.2) is 5.78 Å². The van der Waals surface area contributed by atoms with Crippen LogP contribution in [-0.2, 0) is 16.1 Å². The predicted molar refractivity (Wildman–Crippen MR) is 90.1 cm³/mol. The lowest BCUT2D eigenvalue weighted by Gasteiger charge is -2.20. The molecule has 24 heavy (non-hydrogen) atoms. The van der Waals surface area contributed by atoms with Gasteiger partial charge in [0.1, 0.15) is 12.4 Å². The third-order valence-electron chi connectivity index (χ3n) is 4.02. The van der Waals surface area contributed by atoms with Gasteiger partial charge < -0.3 is 4.74 Å². The van der Waals surface area contributed by atoms with Crippen molar-refractivity contribution in [2.45, 2.75) is 25.9 Å². The maximum absolute atomic E-state index is 12.3. The van der Waals surface area contributed by atoms with Gasteiger partial charge in [-0.15, -0.1) is 0 Å². The second-order valence-corrected chi connectivity index (χ2v) is 5.62. The van der Waals surface area contributed by atoms with Gasteiger partial charge in [-0.1, -0.05) is 42.5 Å². The number of nitro groups is 1. The van der Waals surface area contributed by atoms with Crippen LogP contribution in [0.2, 0.25) is 0 Å². The first-order valence-corrected chi connectivity index (χ1v) is 7.83. The molecule has 0 unspecified atom stereocenters. The highest BCUT2D eigenvalue weighted by atomic mass is 16.6. The van der Waals surface area contributed by atoms with Crippen molar-refractivity contribution in [3.63, 3.8) is 0 Å². The van der Waals surface area contributed by atoms with E-state index in [1.54, 1.807) is 18.2 Å². The summed E-state index contributed by atoms with van der Waals surface area (Å²) in [5.74, 6) is 0.681. The van der Waals surface area contributed by atoms with Gasteiger partial charge in [0.25, 0.3) is 5.69 Å². The van der Waals surface area contributed by atoms with Crippen LogP contribution in [0.1, 0.15) is 30.4 Å². The Labute approximate surface area is 139 Å². The molecule has 2 aromatic rings. The maximum Gasteiger partial charge on any atom is 0.276 e. The Kier molecular flexibility index (Phi) is 4.70. The van der Waals surface area contributed by atoms with Crippen molar-refractivity contribution in [3.8, 4) is 0 Å². The average molecular weight is 323 g/mol. The summed E-state index contributed by atoms with van der Waals surface area (Å²) in [5.41, 5.74) is 1.96. The van der Waals surface area contributed by atoms with Gasteiger partial charge in [0.05, 0.1) is 16.1 Å². The van der Waals surface area contributed by atoms with Crippen LogP contribution in [0.5, 0.6) is 0 Å². The first-order valence-electron chi connectivity index (χ1n) is 7.83. The van der Waals surface area contributed by atoms with Crippen molar-refractivity contribution in [3.05, 3.63) is 81.6 Å². The quantitative estimate of drug-likeness (QED) is 0.608. The van der Waals surface area contributed by atoms with E-state index in [9.17, 15) is 14.9 Å². The summed E-state index contributed by atoms with van der Waals surface area (Å²) in [6, 6.07) is 15.9. The topological polar surface area (TPSA) is 69.4 Å². The Hall–Kier alpha value is -2.95. The number of carbonyl (C=O) groups excluding carboxylic acids is 1. The van der Waals surface area contributed by atoms with Crippen LogP contribution < -0.4 is 0 Å². The van der Waals surface area contributed by atoms with Crippen LogP contribution in [0, 0.1) is 10.1 Å². The van der Waals surface area contributed by atoms with E-state index in [2.05, 4.69) is 0 Å². The Morgan fingerprint density at radius 1 is 1.00 bits per heavy atom. The normalized spacial score (nSPS) is 14.6. The van der Waals surface area contributed by atoms with Gasteiger partial charge in [-0.25, -0.2) is 0 Å². The minimum atomic E-state index is -0.419. The number of hydrogen-bond acceptors (Lipinski definition) is 4. The first-order chi connectivity index (χ1) is 11.7. The van der Waals surface area contributed by atoms with Crippen molar-refractivity contribution in [2.75, 3.05) is 0 Å². The second-order valence-electron chi connectivity index (χ2n) is 5.62. The van der Waals surface area contributed by atoms with Crippen molar-refractivity contribution < 1.29 is 14.5 Å². The van der Waals surface area contributed by atoms with Gasteiger partial charge in [-0.3, -0.25) is 14.9 Å². The number of rotatable bonds is 5. The number of ketones is 1. The summed E-state index contributed by atoms with van der Waals surface area (Å²) in [7, 11) is 0. The smallest absolute Gasteiger partial charge is 0.276 e. The van der Waals surface area contributed by atoms with E-state index >= 15 is 0 Å². The Bertz CT molecular complexity index is 796. The standard InChI is InChI=1S/C19H17NO4/c21-17-11-6-12-18(19(17)14-7-2-1-3-8-14)24-13-15-9-4-5-10-16(15)20(22)23/h1-5,7-10H,6,11-13H2. The van der Waals surface area contributed by atoms with Crippen molar-refractivity contribution >= 4 is 17.0 Å². The molecule has 0 amide bonds. The van der Waals surface area contributed by atoms with E-state index in [-0.39, 0.29) is 18.1 Å². The highest BCUT2D eigenvalue weighted by Gasteiger charge is 2.24. The lowest BCUT2D eigenvalue weighted by atomic mass is 9.91. The molecule has 0 spiro atoms. The fourth-order valence-corrected chi connectivity index (χ4v) is 2.86. The zero-order valence-corrected chi connectivity index (χ0v) is 13.1. The molecule has 122 valence electrons. The van der Waals surface area contributed by atoms with Crippen LogP contribution in [0.15, 0.2) is 60.4 Å². The SMILES string of the molecule is O=C1CCCC(OCc2ccccc2[N+](=O)[O-])=C1c1ccccc1. The lowest BCUT2D eigenvalue weighted by molar-refractivity contribution is -0.385. The molecular formula is C19H17NO4. The van der Waals surface area contributed by atoms with E-state index < -0.39 is 4.92 Å². The molecule has 0 saturated heterocycles. The summed E-state index contributed by atoms with van der Waals surface area (Å²) >= 11 is 0. The maximum atomic E-state index is 12.3. The zero-order valence-electron chi connectivity index (χ0n) is 13.1. The molecule has 5 nitrogen and oxygen atoms in total. The molecule has 0 fully saturated rings. The lowest BCUT2D eigenvalue weighted by Crippen LogP contribution is -2.13. The molecule has 0 bridgehead atoms.